The summed E-state index contributed by atoms with van der Waals surface area (Å²) < 4.78 is 35.2. The van der Waals surface area contributed by atoms with Gasteiger partial charge in [-0.1, -0.05) is 24.3 Å². The van der Waals surface area contributed by atoms with Crippen molar-refractivity contribution in [3.63, 3.8) is 0 Å². The minimum absolute atomic E-state index is 0.0617. The van der Waals surface area contributed by atoms with Crippen molar-refractivity contribution in [3.05, 3.63) is 109 Å². The van der Waals surface area contributed by atoms with E-state index in [9.17, 15) is 33.4 Å². The SMILES string of the molecule is O=c1cc(NCc2ccc(OS(=O)(=O)c3ccccc3[N+](=O)[O-])cc2)c2cc([N+](=O)[O-])ccc2o1. The summed E-state index contributed by atoms with van der Waals surface area (Å²) in [5.41, 5.74) is -0.261. The van der Waals surface area contributed by atoms with E-state index in [1.54, 1.807) is 12.1 Å². The molecule has 35 heavy (non-hydrogen) atoms. The fourth-order valence-electron chi connectivity index (χ4n) is 3.26. The maximum Gasteiger partial charge on any atom is 0.346 e. The number of non-ortho nitro benzene ring substituents is 1. The first kappa shape index (κ1) is 23.4. The van der Waals surface area contributed by atoms with Gasteiger partial charge in [0.25, 0.3) is 11.4 Å². The van der Waals surface area contributed by atoms with E-state index < -0.39 is 36.2 Å². The first-order valence-corrected chi connectivity index (χ1v) is 11.3. The Balaban J connectivity index is 1.52. The van der Waals surface area contributed by atoms with E-state index in [4.69, 9.17) is 8.60 Å². The lowest BCUT2D eigenvalue weighted by molar-refractivity contribution is -0.387. The van der Waals surface area contributed by atoms with E-state index in [0.717, 1.165) is 12.1 Å². The van der Waals surface area contributed by atoms with E-state index in [1.165, 1.54) is 48.5 Å². The molecule has 0 bridgehead atoms. The van der Waals surface area contributed by atoms with Gasteiger partial charge in [0, 0.05) is 36.2 Å². The van der Waals surface area contributed by atoms with Gasteiger partial charge in [-0.25, -0.2) is 4.79 Å². The molecule has 0 saturated carbocycles. The van der Waals surface area contributed by atoms with Crippen LogP contribution in [0.3, 0.4) is 0 Å². The predicted molar refractivity (Wildman–Crippen MR) is 124 cm³/mol. The average molecular weight is 497 g/mol. The molecule has 0 spiro atoms. The topological polar surface area (TPSA) is 172 Å². The largest absolute Gasteiger partial charge is 0.423 e. The van der Waals surface area contributed by atoms with Gasteiger partial charge < -0.3 is 13.9 Å². The van der Waals surface area contributed by atoms with Crippen LogP contribution in [0.4, 0.5) is 17.1 Å². The maximum atomic E-state index is 12.5. The van der Waals surface area contributed by atoms with E-state index in [0.29, 0.717) is 16.6 Å². The second kappa shape index (κ2) is 9.23. The Morgan fingerprint density at radius 2 is 1.63 bits per heavy atom. The van der Waals surface area contributed by atoms with Crippen LogP contribution in [0.2, 0.25) is 0 Å². The van der Waals surface area contributed by atoms with Crippen molar-refractivity contribution in [2.45, 2.75) is 11.4 Å². The number of nitro groups is 2. The zero-order chi connectivity index (χ0) is 25.2. The Morgan fingerprint density at radius 1 is 0.914 bits per heavy atom. The van der Waals surface area contributed by atoms with Crippen LogP contribution in [-0.4, -0.2) is 18.3 Å². The number of benzene rings is 3. The molecule has 3 aromatic carbocycles. The molecular formula is C22H15N3O9S. The summed E-state index contributed by atoms with van der Waals surface area (Å²) in [7, 11) is -4.45. The van der Waals surface area contributed by atoms with Crippen LogP contribution < -0.4 is 15.1 Å². The molecule has 0 amide bonds. The quantitative estimate of drug-likeness (QED) is 0.162. The van der Waals surface area contributed by atoms with E-state index >= 15 is 0 Å². The number of nitro benzene ring substituents is 2. The standard InChI is InChI=1S/C22H15N3O9S/c26-22-12-18(17-11-15(24(27)28)7-10-20(17)33-22)23-13-14-5-8-16(9-6-14)34-35(31,32)21-4-2-1-3-19(21)25(29)30/h1-12,23H,13H2. The monoisotopic (exact) mass is 497 g/mol. The molecule has 4 aromatic rings. The first-order valence-electron chi connectivity index (χ1n) is 9.87. The first-order chi connectivity index (χ1) is 16.6. The van der Waals surface area contributed by atoms with Gasteiger partial charge in [-0.2, -0.15) is 8.42 Å². The summed E-state index contributed by atoms with van der Waals surface area (Å²) in [6, 6.07) is 15.7. The van der Waals surface area contributed by atoms with Crippen LogP contribution in [0.1, 0.15) is 5.56 Å². The molecule has 0 aliphatic carbocycles. The molecule has 0 aliphatic rings. The normalized spacial score (nSPS) is 11.2. The predicted octanol–water partition coefficient (Wildman–Crippen LogP) is 3.99. The summed E-state index contributed by atoms with van der Waals surface area (Å²) in [5, 5.41) is 25.6. The van der Waals surface area contributed by atoms with Crippen molar-refractivity contribution in [1.29, 1.82) is 0 Å². The zero-order valence-electron chi connectivity index (χ0n) is 17.6. The molecule has 0 aliphatic heterocycles. The third-order valence-electron chi connectivity index (χ3n) is 4.88. The Bertz CT molecular complexity index is 1610. The molecule has 1 aromatic heterocycles. The van der Waals surface area contributed by atoms with Crippen LogP contribution in [0.15, 0.2) is 86.9 Å². The second-order valence-corrected chi connectivity index (χ2v) is 8.69. The molecule has 1 N–H and O–H groups in total. The Labute approximate surface area is 196 Å². The number of hydrogen-bond acceptors (Lipinski definition) is 10. The molecular weight excluding hydrogens is 482 g/mol. The summed E-state index contributed by atoms with van der Waals surface area (Å²) in [5.74, 6) is -0.0617. The Morgan fingerprint density at radius 3 is 2.31 bits per heavy atom. The van der Waals surface area contributed by atoms with E-state index in [2.05, 4.69) is 5.32 Å². The summed E-state index contributed by atoms with van der Waals surface area (Å²) in [6.45, 7) is 0.179. The minimum atomic E-state index is -4.45. The number of nitrogens with zero attached hydrogens (tertiary/aromatic N) is 2. The van der Waals surface area contributed by atoms with E-state index in [1.807, 2.05) is 0 Å². The van der Waals surface area contributed by atoms with Gasteiger partial charge in [-0.3, -0.25) is 20.2 Å². The number of hydrogen-bond donors (Lipinski definition) is 1. The summed E-state index contributed by atoms with van der Waals surface area (Å²) in [4.78, 5) is 32.1. The molecule has 0 atom stereocenters. The fourth-order valence-corrected chi connectivity index (χ4v) is 4.36. The molecule has 0 fully saturated rings. The van der Waals surface area contributed by atoms with Crippen molar-refractivity contribution < 1.29 is 26.9 Å². The minimum Gasteiger partial charge on any atom is -0.423 e. The highest BCUT2D eigenvalue weighted by Gasteiger charge is 2.27. The molecule has 0 saturated heterocycles. The third-order valence-corrected chi connectivity index (χ3v) is 6.18. The zero-order valence-corrected chi connectivity index (χ0v) is 18.4. The highest BCUT2D eigenvalue weighted by molar-refractivity contribution is 7.87. The van der Waals surface area contributed by atoms with E-state index in [-0.39, 0.29) is 23.6 Å². The van der Waals surface area contributed by atoms with Gasteiger partial charge in [-0.05, 0) is 29.8 Å². The Hall–Kier alpha value is -4.78. The highest BCUT2D eigenvalue weighted by atomic mass is 32.2. The average Bonchev–Trinajstić information content (AvgIpc) is 2.82. The molecule has 13 heteroatoms. The summed E-state index contributed by atoms with van der Waals surface area (Å²) in [6.07, 6.45) is 0. The van der Waals surface area contributed by atoms with Crippen LogP contribution in [0.5, 0.6) is 5.75 Å². The molecule has 178 valence electrons. The molecule has 1 heterocycles. The fraction of sp³-hybridized carbons (Fsp3) is 0.0455. The third kappa shape index (κ3) is 5.09. The number of anilines is 1. The van der Waals surface area contributed by atoms with Gasteiger partial charge in [0.2, 0.25) is 0 Å². The molecule has 0 radical (unpaired) electrons. The van der Waals surface area contributed by atoms with Crippen LogP contribution >= 0.6 is 0 Å². The van der Waals surface area contributed by atoms with Gasteiger partial charge in [-0.15, -0.1) is 0 Å². The second-order valence-electron chi connectivity index (χ2n) is 7.18. The van der Waals surface area contributed by atoms with Crippen LogP contribution in [0.25, 0.3) is 11.0 Å². The van der Waals surface area contributed by atoms with Gasteiger partial charge in [0.15, 0.2) is 4.90 Å². The molecule has 4 rings (SSSR count). The number of rotatable bonds is 8. The maximum absolute atomic E-state index is 12.5. The number of fused-ring (bicyclic) bond motifs is 1. The summed E-state index contributed by atoms with van der Waals surface area (Å²) >= 11 is 0. The van der Waals surface area contributed by atoms with Crippen molar-refractivity contribution in [2.75, 3.05) is 5.32 Å². The number of para-hydroxylation sites is 1. The highest BCUT2D eigenvalue weighted by Crippen LogP contribution is 2.28. The smallest absolute Gasteiger partial charge is 0.346 e. The lowest BCUT2D eigenvalue weighted by Gasteiger charge is -2.10. The van der Waals surface area contributed by atoms with Crippen molar-refractivity contribution in [1.82, 2.24) is 0 Å². The lowest BCUT2D eigenvalue weighted by Crippen LogP contribution is -2.12. The van der Waals surface area contributed by atoms with Crippen LogP contribution in [0, 0.1) is 20.2 Å². The van der Waals surface area contributed by atoms with Gasteiger partial charge in [0.1, 0.15) is 11.3 Å². The Kier molecular flexibility index (Phi) is 6.16. The van der Waals surface area contributed by atoms with Crippen molar-refractivity contribution in [2.24, 2.45) is 0 Å². The number of nitrogens with one attached hydrogen (secondary N) is 1. The van der Waals surface area contributed by atoms with Gasteiger partial charge >= 0.3 is 15.7 Å². The van der Waals surface area contributed by atoms with Crippen molar-refractivity contribution in [3.8, 4) is 5.75 Å². The van der Waals surface area contributed by atoms with Gasteiger partial charge in [0.05, 0.1) is 15.5 Å². The van der Waals surface area contributed by atoms with Crippen LogP contribution in [-0.2, 0) is 16.7 Å². The van der Waals surface area contributed by atoms with Crippen molar-refractivity contribution >= 4 is 38.1 Å². The molecule has 0 unspecified atom stereocenters. The lowest BCUT2D eigenvalue weighted by atomic mass is 10.1. The molecule has 12 nitrogen and oxygen atoms in total.